The van der Waals surface area contributed by atoms with E-state index < -0.39 is 0 Å². The zero-order valence-electron chi connectivity index (χ0n) is 9.73. The molecule has 0 amide bonds. The molecule has 0 saturated carbocycles. The molecular weight excluding hydrogens is 220 g/mol. The molecule has 6 nitrogen and oxygen atoms in total. The number of ether oxygens (including phenoxy) is 1. The predicted octanol–water partition coefficient (Wildman–Crippen LogP) is 0.729. The van der Waals surface area contributed by atoms with Crippen LogP contribution in [0.4, 0.5) is 5.69 Å². The van der Waals surface area contributed by atoms with E-state index in [1.54, 1.807) is 14.2 Å². The van der Waals surface area contributed by atoms with Crippen molar-refractivity contribution in [2.24, 2.45) is 7.05 Å². The molecule has 90 valence electrons. The molecule has 2 rings (SSSR count). The summed E-state index contributed by atoms with van der Waals surface area (Å²) in [6.45, 7) is 0.475. The van der Waals surface area contributed by atoms with Gasteiger partial charge in [-0.2, -0.15) is 5.10 Å². The molecular formula is C11H14N4O2. The summed E-state index contributed by atoms with van der Waals surface area (Å²) in [6.07, 6.45) is 0. The Labute approximate surface area is 98.2 Å². The number of anilines is 1. The molecule has 0 aliphatic carbocycles. The number of nitrogens with zero attached hydrogens (tertiary/aromatic N) is 2. The topological polar surface area (TPSA) is 71.9 Å². The molecule has 1 aromatic carbocycles. The van der Waals surface area contributed by atoms with Crippen molar-refractivity contribution < 1.29 is 4.74 Å². The molecule has 0 aliphatic rings. The van der Waals surface area contributed by atoms with E-state index in [1.807, 2.05) is 24.3 Å². The van der Waals surface area contributed by atoms with Crippen LogP contribution in [0.5, 0.6) is 5.75 Å². The first-order valence-corrected chi connectivity index (χ1v) is 5.19. The van der Waals surface area contributed by atoms with Gasteiger partial charge in [0.2, 0.25) is 0 Å². The average Bonchev–Trinajstić information content (AvgIpc) is 2.67. The lowest BCUT2D eigenvalue weighted by Gasteiger charge is -2.05. The van der Waals surface area contributed by atoms with Crippen molar-refractivity contribution in [3.8, 4) is 5.75 Å². The fourth-order valence-electron chi connectivity index (χ4n) is 1.43. The maximum absolute atomic E-state index is 11.1. The summed E-state index contributed by atoms with van der Waals surface area (Å²) in [6, 6.07) is 7.53. The van der Waals surface area contributed by atoms with Gasteiger partial charge >= 0.3 is 5.69 Å². The van der Waals surface area contributed by atoms with Crippen LogP contribution in [0, 0.1) is 0 Å². The van der Waals surface area contributed by atoms with Crippen LogP contribution in [-0.4, -0.2) is 21.9 Å². The normalized spacial score (nSPS) is 10.2. The largest absolute Gasteiger partial charge is 0.497 e. The molecule has 0 radical (unpaired) electrons. The third kappa shape index (κ3) is 2.66. The highest BCUT2D eigenvalue weighted by molar-refractivity contribution is 5.46. The van der Waals surface area contributed by atoms with Crippen LogP contribution >= 0.6 is 0 Å². The molecule has 17 heavy (non-hydrogen) atoms. The van der Waals surface area contributed by atoms with Gasteiger partial charge in [0.05, 0.1) is 13.7 Å². The summed E-state index contributed by atoms with van der Waals surface area (Å²) in [5.41, 5.74) is 0.730. The van der Waals surface area contributed by atoms with Gasteiger partial charge < -0.3 is 10.1 Å². The van der Waals surface area contributed by atoms with Crippen LogP contribution < -0.4 is 15.7 Å². The molecule has 2 N–H and O–H groups in total. The van der Waals surface area contributed by atoms with Gasteiger partial charge in [-0.05, 0) is 24.3 Å². The van der Waals surface area contributed by atoms with Crippen molar-refractivity contribution in [2.75, 3.05) is 12.4 Å². The number of methoxy groups -OCH3 is 1. The lowest BCUT2D eigenvalue weighted by atomic mass is 10.3. The number of rotatable bonds is 4. The first kappa shape index (κ1) is 11.3. The summed E-state index contributed by atoms with van der Waals surface area (Å²) in [7, 11) is 3.23. The van der Waals surface area contributed by atoms with Crippen molar-refractivity contribution in [1.82, 2.24) is 14.8 Å². The highest BCUT2D eigenvalue weighted by atomic mass is 16.5. The number of H-pyrrole nitrogens is 1. The number of aromatic nitrogens is 3. The third-order valence-corrected chi connectivity index (χ3v) is 2.37. The maximum Gasteiger partial charge on any atom is 0.343 e. The van der Waals surface area contributed by atoms with E-state index in [2.05, 4.69) is 15.4 Å². The van der Waals surface area contributed by atoms with Crippen molar-refractivity contribution in [1.29, 1.82) is 0 Å². The summed E-state index contributed by atoms with van der Waals surface area (Å²) in [5.74, 6) is 1.41. The predicted molar refractivity (Wildman–Crippen MR) is 64.1 cm³/mol. The Morgan fingerprint density at radius 3 is 2.65 bits per heavy atom. The van der Waals surface area contributed by atoms with Crippen LogP contribution in [0.15, 0.2) is 29.1 Å². The van der Waals surface area contributed by atoms with E-state index in [0.29, 0.717) is 12.4 Å². The zero-order chi connectivity index (χ0) is 12.3. The maximum atomic E-state index is 11.1. The molecule has 0 fully saturated rings. The third-order valence-electron chi connectivity index (χ3n) is 2.37. The Balaban J connectivity index is 1.99. The minimum Gasteiger partial charge on any atom is -0.497 e. The van der Waals surface area contributed by atoms with E-state index in [4.69, 9.17) is 4.74 Å². The lowest BCUT2D eigenvalue weighted by molar-refractivity contribution is 0.415. The Morgan fingerprint density at radius 2 is 2.12 bits per heavy atom. The van der Waals surface area contributed by atoms with E-state index in [-0.39, 0.29) is 5.69 Å². The number of hydrogen-bond acceptors (Lipinski definition) is 4. The highest BCUT2D eigenvalue weighted by Gasteiger charge is 2.01. The summed E-state index contributed by atoms with van der Waals surface area (Å²) >= 11 is 0. The van der Waals surface area contributed by atoms with Crippen LogP contribution in [0.25, 0.3) is 0 Å². The van der Waals surface area contributed by atoms with Crippen molar-refractivity contribution in [3.05, 3.63) is 40.6 Å². The fraction of sp³-hybridized carbons (Fsp3) is 0.273. The fourth-order valence-corrected chi connectivity index (χ4v) is 1.43. The van der Waals surface area contributed by atoms with Gasteiger partial charge in [-0.1, -0.05) is 0 Å². The average molecular weight is 234 g/mol. The van der Waals surface area contributed by atoms with Crippen LogP contribution in [0.2, 0.25) is 0 Å². The molecule has 1 aromatic heterocycles. The zero-order valence-corrected chi connectivity index (χ0v) is 9.73. The van der Waals surface area contributed by atoms with Gasteiger partial charge in [0, 0.05) is 12.7 Å². The molecule has 0 atom stereocenters. The van der Waals surface area contributed by atoms with E-state index >= 15 is 0 Å². The first-order valence-electron chi connectivity index (χ1n) is 5.19. The second-order valence-electron chi connectivity index (χ2n) is 3.58. The Bertz CT molecular complexity index is 541. The van der Waals surface area contributed by atoms with Crippen molar-refractivity contribution in [3.63, 3.8) is 0 Å². The van der Waals surface area contributed by atoms with Gasteiger partial charge in [-0.25, -0.2) is 9.48 Å². The monoisotopic (exact) mass is 234 g/mol. The van der Waals surface area contributed by atoms with Crippen LogP contribution in [0.1, 0.15) is 5.82 Å². The Kier molecular flexibility index (Phi) is 3.13. The molecule has 0 aliphatic heterocycles. The minimum atomic E-state index is -0.212. The summed E-state index contributed by atoms with van der Waals surface area (Å²) in [5, 5.41) is 7.17. The first-order chi connectivity index (χ1) is 8.19. The highest BCUT2D eigenvalue weighted by Crippen LogP contribution is 2.15. The van der Waals surface area contributed by atoms with E-state index in [9.17, 15) is 4.79 Å². The summed E-state index contributed by atoms with van der Waals surface area (Å²) in [4.78, 5) is 13.8. The quantitative estimate of drug-likeness (QED) is 0.818. The molecule has 0 bridgehead atoms. The number of aryl methyl sites for hydroxylation is 1. The Morgan fingerprint density at radius 1 is 1.41 bits per heavy atom. The van der Waals surface area contributed by atoms with Gasteiger partial charge in [0.15, 0.2) is 0 Å². The second kappa shape index (κ2) is 4.73. The van der Waals surface area contributed by atoms with E-state index in [0.717, 1.165) is 11.4 Å². The number of nitrogens with one attached hydrogen (secondary N) is 2. The molecule has 0 saturated heterocycles. The van der Waals surface area contributed by atoms with Gasteiger partial charge in [-0.3, -0.25) is 4.98 Å². The second-order valence-corrected chi connectivity index (χ2v) is 3.58. The molecule has 0 unspecified atom stereocenters. The van der Waals surface area contributed by atoms with E-state index in [1.165, 1.54) is 4.68 Å². The number of hydrogen-bond donors (Lipinski definition) is 2. The number of benzene rings is 1. The number of aromatic amines is 1. The van der Waals surface area contributed by atoms with Gasteiger partial charge in [0.1, 0.15) is 11.6 Å². The minimum absolute atomic E-state index is 0.212. The van der Waals surface area contributed by atoms with Gasteiger partial charge in [0.25, 0.3) is 0 Å². The van der Waals surface area contributed by atoms with Gasteiger partial charge in [-0.15, -0.1) is 0 Å². The molecule has 1 heterocycles. The van der Waals surface area contributed by atoms with Crippen LogP contribution in [-0.2, 0) is 13.6 Å². The summed E-state index contributed by atoms with van der Waals surface area (Å²) < 4.78 is 6.33. The molecule has 0 spiro atoms. The molecule has 6 heteroatoms. The Hall–Kier alpha value is -2.24. The van der Waals surface area contributed by atoms with Crippen molar-refractivity contribution in [2.45, 2.75) is 6.54 Å². The lowest BCUT2D eigenvalue weighted by Crippen LogP contribution is -2.13. The smallest absolute Gasteiger partial charge is 0.343 e. The molecule has 2 aromatic rings. The SMILES string of the molecule is COc1ccc(NCc2nn(C)c(=O)[nH]2)cc1. The van der Waals surface area contributed by atoms with Crippen molar-refractivity contribution >= 4 is 5.69 Å². The van der Waals surface area contributed by atoms with Crippen LogP contribution in [0.3, 0.4) is 0 Å². The standard InChI is InChI=1S/C11H14N4O2/c1-15-11(16)13-10(14-15)7-12-8-3-5-9(17-2)6-4-8/h3-6,12H,7H2,1-2H3,(H,13,14,16).